The van der Waals surface area contributed by atoms with Crippen molar-refractivity contribution < 1.29 is 15.0 Å². The summed E-state index contributed by atoms with van der Waals surface area (Å²) >= 11 is 7.15. The van der Waals surface area contributed by atoms with Crippen LogP contribution in [0, 0.1) is 0 Å². The molecule has 0 radical (unpaired) electrons. The molecule has 0 aromatic carbocycles. The zero-order chi connectivity index (χ0) is 13.1. The maximum atomic E-state index is 11.9. The largest absolute Gasteiger partial charge is 0.394 e. The number of carbonyl (C=O) groups excluding carboxylic acids is 1. The summed E-state index contributed by atoms with van der Waals surface area (Å²) in [6, 6.07) is 3.54. The van der Waals surface area contributed by atoms with Gasteiger partial charge in [0.25, 0.3) is 0 Å². The Hall–Kier alpha value is -0.620. The standard InChI is InChI=1S/C11H16ClNO3S/c1-7(8-3-4-9(12)17-8)10(16)13-11(2,5-14)6-15/h3-4,7,14-15H,5-6H2,1-2H3,(H,13,16)/t7-/m0/s1. The summed E-state index contributed by atoms with van der Waals surface area (Å²) < 4.78 is 0.631. The first kappa shape index (κ1) is 14.4. The Labute approximate surface area is 109 Å². The third-order valence-corrected chi connectivity index (χ3v) is 3.95. The van der Waals surface area contributed by atoms with Crippen LogP contribution in [0.25, 0.3) is 0 Å². The van der Waals surface area contributed by atoms with E-state index in [1.807, 2.05) is 0 Å². The summed E-state index contributed by atoms with van der Waals surface area (Å²) in [5, 5.41) is 20.8. The summed E-state index contributed by atoms with van der Waals surface area (Å²) in [6.45, 7) is 2.71. The molecule has 3 N–H and O–H groups in total. The van der Waals surface area contributed by atoms with Crippen molar-refractivity contribution in [3.8, 4) is 0 Å². The Bertz CT molecular complexity index is 390. The number of aliphatic hydroxyl groups excluding tert-OH is 2. The van der Waals surface area contributed by atoms with Crippen LogP contribution in [0.2, 0.25) is 4.34 Å². The average Bonchev–Trinajstić information content (AvgIpc) is 2.74. The lowest BCUT2D eigenvalue weighted by Gasteiger charge is -2.27. The van der Waals surface area contributed by atoms with Gasteiger partial charge in [0.05, 0.1) is 29.0 Å². The first-order valence-corrected chi connectivity index (χ1v) is 6.40. The summed E-state index contributed by atoms with van der Waals surface area (Å²) in [5.41, 5.74) is -0.994. The van der Waals surface area contributed by atoms with E-state index in [2.05, 4.69) is 5.32 Å². The fourth-order valence-electron chi connectivity index (χ4n) is 1.22. The van der Waals surface area contributed by atoms with Crippen molar-refractivity contribution in [3.63, 3.8) is 0 Å². The van der Waals surface area contributed by atoms with Gasteiger partial charge in [0.1, 0.15) is 0 Å². The molecule has 1 aromatic heterocycles. The number of thiophene rings is 1. The first-order chi connectivity index (χ1) is 7.91. The molecule has 0 saturated heterocycles. The molecule has 4 nitrogen and oxygen atoms in total. The molecule has 1 heterocycles. The van der Waals surface area contributed by atoms with Crippen molar-refractivity contribution in [2.24, 2.45) is 0 Å². The predicted octanol–water partition coefficient (Wildman–Crippen LogP) is 1.36. The Morgan fingerprint density at radius 1 is 1.53 bits per heavy atom. The third kappa shape index (κ3) is 3.67. The van der Waals surface area contributed by atoms with Crippen LogP contribution in [-0.4, -0.2) is 34.9 Å². The number of nitrogens with one attached hydrogen (secondary N) is 1. The van der Waals surface area contributed by atoms with Gasteiger partial charge in [-0.2, -0.15) is 0 Å². The zero-order valence-corrected chi connectivity index (χ0v) is 11.3. The number of carbonyl (C=O) groups is 1. The van der Waals surface area contributed by atoms with Gasteiger partial charge in [-0.05, 0) is 26.0 Å². The number of aliphatic hydroxyl groups is 2. The summed E-state index contributed by atoms with van der Waals surface area (Å²) in [6.07, 6.45) is 0. The fourth-order valence-corrected chi connectivity index (χ4v) is 2.34. The number of hydrogen-bond acceptors (Lipinski definition) is 4. The van der Waals surface area contributed by atoms with Crippen molar-refractivity contribution in [3.05, 3.63) is 21.3 Å². The molecule has 17 heavy (non-hydrogen) atoms. The highest BCUT2D eigenvalue weighted by Gasteiger charge is 2.27. The topological polar surface area (TPSA) is 69.6 Å². The lowest BCUT2D eigenvalue weighted by Crippen LogP contribution is -2.52. The van der Waals surface area contributed by atoms with Crippen molar-refractivity contribution in [2.45, 2.75) is 25.3 Å². The molecule has 1 aromatic rings. The van der Waals surface area contributed by atoms with Crippen LogP contribution in [0.1, 0.15) is 24.6 Å². The lowest BCUT2D eigenvalue weighted by molar-refractivity contribution is -0.125. The van der Waals surface area contributed by atoms with E-state index in [1.54, 1.807) is 26.0 Å². The molecule has 0 bridgehead atoms. The third-order valence-electron chi connectivity index (χ3n) is 2.54. The van der Waals surface area contributed by atoms with Gasteiger partial charge in [0, 0.05) is 4.88 Å². The van der Waals surface area contributed by atoms with Gasteiger partial charge in [0.2, 0.25) is 5.91 Å². The van der Waals surface area contributed by atoms with E-state index in [4.69, 9.17) is 21.8 Å². The molecule has 0 aliphatic rings. The summed E-state index contributed by atoms with van der Waals surface area (Å²) in [4.78, 5) is 12.8. The number of halogens is 1. The van der Waals surface area contributed by atoms with Gasteiger partial charge in [-0.3, -0.25) is 4.79 Å². The molecule has 0 aliphatic heterocycles. The van der Waals surface area contributed by atoms with Gasteiger partial charge in [0.15, 0.2) is 0 Å². The minimum Gasteiger partial charge on any atom is -0.394 e. The fraction of sp³-hybridized carbons (Fsp3) is 0.545. The second kappa shape index (κ2) is 5.82. The van der Waals surface area contributed by atoms with Crippen molar-refractivity contribution in [1.82, 2.24) is 5.32 Å². The zero-order valence-electron chi connectivity index (χ0n) is 9.74. The highest BCUT2D eigenvalue weighted by atomic mass is 35.5. The molecular formula is C11H16ClNO3S. The van der Waals surface area contributed by atoms with Crippen LogP contribution in [0.4, 0.5) is 0 Å². The van der Waals surface area contributed by atoms with E-state index in [0.717, 1.165) is 4.88 Å². The van der Waals surface area contributed by atoms with E-state index in [9.17, 15) is 4.79 Å². The minimum absolute atomic E-state index is 0.242. The van der Waals surface area contributed by atoms with E-state index < -0.39 is 5.54 Å². The number of rotatable bonds is 5. The molecule has 0 unspecified atom stereocenters. The van der Waals surface area contributed by atoms with Crippen LogP contribution in [0.3, 0.4) is 0 Å². The monoisotopic (exact) mass is 277 g/mol. The molecule has 6 heteroatoms. The van der Waals surface area contributed by atoms with Gasteiger partial charge in [-0.15, -0.1) is 11.3 Å². The molecule has 96 valence electrons. The minimum atomic E-state index is -0.994. The quantitative estimate of drug-likeness (QED) is 0.761. The second-order valence-electron chi connectivity index (χ2n) is 4.23. The maximum Gasteiger partial charge on any atom is 0.228 e. The SMILES string of the molecule is C[C@H](C(=O)NC(C)(CO)CO)c1ccc(Cl)s1. The predicted molar refractivity (Wildman–Crippen MR) is 68.5 cm³/mol. The molecule has 1 atom stereocenters. The molecule has 0 saturated carbocycles. The molecule has 1 amide bonds. The van der Waals surface area contributed by atoms with Crippen LogP contribution >= 0.6 is 22.9 Å². The molecule has 0 aliphatic carbocycles. The second-order valence-corrected chi connectivity index (χ2v) is 5.98. The maximum absolute atomic E-state index is 11.9. The van der Waals surface area contributed by atoms with E-state index in [-0.39, 0.29) is 25.0 Å². The van der Waals surface area contributed by atoms with Gasteiger partial charge >= 0.3 is 0 Å². The highest BCUT2D eigenvalue weighted by molar-refractivity contribution is 7.16. The van der Waals surface area contributed by atoms with Gasteiger partial charge < -0.3 is 15.5 Å². The molecular weight excluding hydrogens is 262 g/mol. The van der Waals surface area contributed by atoms with Crippen molar-refractivity contribution >= 4 is 28.8 Å². The average molecular weight is 278 g/mol. The smallest absolute Gasteiger partial charge is 0.228 e. The summed E-state index contributed by atoms with van der Waals surface area (Å²) in [7, 11) is 0. The Morgan fingerprint density at radius 3 is 2.53 bits per heavy atom. The Balaban J connectivity index is 2.71. The molecule has 0 fully saturated rings. The first-order valence-electron chi connectivity index (χ1n) is 5.21. The highest BCUT2D eigenvalue weighted by Crippen LogP contribution is 2.28. The van der Waals surface area contributed by atoms with E-state index in [1.165, 1.54) is 11.3 Å². The molecule has 0 spiro atoms. The number of amides is 1. The summed E-state index contributed by atoms with van der Waals surface area (Å²) in [5.74, 6) is -0.598. The van der Waals surface area contributed by atoms with Crippen LogP contribution in [-0.2, 0) is 4.79 Å². The van der Waals surface area contributed by atoms with Gasteiger partial charge in [-0.1, -0.05) is 11.6 Å². The molecule has 1 rings (SSSR count). The van der Waals surface area contributed by atoms with Crippen molar-refractivity contribution in [2.75, 3.05) is 13.2 Å². The van der Waals surface area contributed by atoms with Crippen LogP contribution in [0.15, 0.2) is 12.1 Å². The lowest BCUT2D eigenvalue weighted by atomic mass is 10.0. The Kier molecular flexibility index (Phi) is 4.94. The van der Waals surface area contributed by atoms with E-state index >= 15 is 0 Å². The van der Waals surface area contributed by atoms with E-state index in [0.29, 0.717) is 4.34 Å². The van der Waals surface area contributed by atoms with Crippen LogP contribution < -0.4 is 5.32 Å². The number of hydrogen-bond donors (Lipinski definition) is 3. The Morgan fingerprint density at radius 2 is 2.12 bits per heavy atom. The van der Waals surface area contributed by atoms with Crippen molar-refractivity contribution in [1.29, 1.82) is 0 Å². The normalized spacial score (nSPS) is 13.5. The van der Waals surface area contributed by atoms with Crippen LogP contribution in [0.5, 0.6) is 0 Å². The van der Waals surface area contributed by atoms with Gasteiger partial charge in [-0.25, -0.2) is 0 Å².